The van der Waals surface area contributed by atoms with Gasteiger partial charge in [0.15, 0.2) is 6.54 Å². The van der Waals surface area contributed by atoms with Crippen LogP contribution in [0.2, 0.25) is 0 Å². The average Bonchev–Trinajstić information content (AvgIpc) is 3.00. The van der Waals surface area contributed by atoms with Crippen LogP contribution in [0, 0.1) is 0 Å². The summed E-state index contributed by atoms with van der Waals surface area (Å²) in [7, 11) is 3.71. The molecule has 0 spiro atoms. The molecule has 0 bridgehead atoms. The highest BCUT2D eigenvalue weighted by Crippen LogP contribution is 2.17. The fourth-order valence-electron chi connectivity index (χ4n) is 2.36. The predicted octanol–water partition coefficient (Wildman–Crippen LogP) is 1.13. The molecule has 0 aliphatic heterocycles. The van der Waals surface area contributed by atoms with Crippen LogP contribution >= 0.6 is 11.3 Å². The molecule has 4 nitrogen and oxygen atoms in total. The van der Waals surface area contributed by atoms with E-state index in [0.717, 1.165) is 24.3 Å². The Labute approximate surface area is 135 Å². The van der Waals surface area contributed by atoms with Gasteiger partial charge in [0.1, 0.15) is 12.3 Å². The highest BCUT2D eigenvalue weighted by molar-refractivity contribution is 7.09. The van der Waals surface area contributed by atoms with Crippen molar-refractivity contribution in [1.29, 1.82) is 0 Å². The molecule has 1 aromatic carbocycles. The van der Waals surface area contributed by atoms with E-state index in [9.17, 15) is 4.79 Å². The molecule has 118 valence electrons. The van der Waals surface area contributed by atoms with Crippen molar-refractivity contribution < 1.29 is 14.4 Å². The van der Waals surface area contributed by atoms with Crippen LogP contribution in [0.3, 0.4) is 0 Å². The maximum Gasteiger partial charge on any atom is 0.275 e. The van der Waals surface area contributed by atoms with Gasteiger partial charge >= 0.3 is 0 Å². The first kappa shape index (κ1) is 16.5. The second kappa shape index (κ2) is 8.56. The Morgan fingerprint density at radius 3 is 2.82 bits per heavy atom. The van der Waals surface area contributed by atoms with E-state index in [-0.39, 0.29) is 5.91 Å². The van der Waals surface area contributed by atoms with Gasteiger partial charge in [-0.25, -0.2) is 0 Å². The minimum absolute atomic E-state index is 0.0870. The van der Waals surface area contributed by atoms with Gasteiger partial charge in [-0.15, -0.1) is 11.3 Å². The van der Waals surface area contributed by atoms with E-state index in [0.29, 0.717) is 13.1 Å². The van der Waals surface area contributed by atoms with E-state index in [4.69, 9.17) is 4.74 Å². The van der Waals surface area contributed by atoms with Crippen molar-refractivity contribution in [2.45, 2.75) is 13.0 Å². The molecule has 0 saturated carbocycles. The van der Waals surface area contributed by atoms with Crippen molar-refractivity contribution >= 4 is 17.2 Å². The van der Waals surface area contributed by atoms with Crippen LogP contribution in [0.15, 0.2) is 41.8 Å². The maximum atomic E-state index is 12.0. The van der Waals surface area contributed by atoms with Gasteiger partial charge in [-0.2, -0.15) is 0 Å². The van der Waals surface area contributed by atoms with Crippen molar-refractivity contribution in [3.8, 4) is 5.75 Å². The first-order valence-electron chi connectivity index (χ1n) is 7.41. The third-order valence-electron chi connectivity index (χ3n) is 3.43. The number of carbonyl (C=O) groups excluding carboxylic acids is 1. The number of likely N-dealkylation sites (N-methyl/N-ethyl adjacent to an activating group) is 1. The number of nitrogens with one attached hydrogen (secondary N) is 2. The average molecular weight is 319 g/mol. The molecule has 2 N–H and O–H groups in total. The SMILES string of the molecule is COc1ccccc1CCNC(=O)C[NH+](C)Cc1cccs1. The molecule has 0 fully saturated rings. The van der Waals surface area contributed by atoms with Crippen molar-refractivity contribution in [2.75, 3.05) is 27.2 Å². The number of benzene rings is 1. The summed E-state index contributed by atoms with van der Waals surface area (Å²) in [6, 6.07) is 12.0. The number of rotatable bonds is 8. The number of quaternary nitrogens is 1. The van der Waals surface area contributed by atoms with E-state index in [2.05, 4.69) is 16.8 Å². The van der Waals surface area contributed by atoms with Crippen LogP contribution in [0.1, 0.15) is 10.4 Å². The molecule has 1 unspecified atom stereocenters. The molecular formula is C17H23N2O2S+. The molecule has 1 aromatic heterocycles. The van der Waals surface area contributed by atoms with Gasteiger partial charge in [-0.1, -0.05) is 24.3 Å². The van der Waals surface area contributed by atoms with E-state index >= 15 is 0 Å². The topological polar surface area (TPSA) is 42.8 Å². The zero-order valence-corrected chi connectivity index (χ0v) is 13.9. The van der Waals surface area contributed by atoms with Crippen LogP contribution in [-0.2, 0) is 17.8 Å². The highest BCUT2D eigenvalue weighted by Gasteiger charge is 2.11. The molecule has 0 radical (unpaired) electrons. The van der Waals surface area contributed by atoms with Crippen molar-refractivity contribution in [3.63, 3.8) is 0 Å². The molecule has 2 rings (SSSR count). The van der Waals surface area contributed by atoms with E-state index in [1.807, 2.05) is 37.4 Å². The van der Waals surface area contributed by atoms with E-state index in [1.54, 1.807) is 18.4 Å². The molecule has 1 atom stereocenters. The molecule has 1 amide bonds. The van der Waals surface area contributed by atoms with Gasteiger partial charge in [-0.3, -0.25) is 4.79 Å². The number of ether oxygens (including phenoxy) is 1. The zero-order chi connectivity index (χ0) is 15.8. The Bertz CT molecular complexity index is 584. The van der Waals surface area contributed by atoms with Crippen molar-refractivity contribution in [3.05, 3.63) is 52.2 Å². The molecule has 0 aliphatic rings. The Morgan fingerprint density at radius 1 is 1.27 bits per heavy atom. The first-order chi connectivity index (χ1) is 10.7. The van der Waals surface area contributed by atoms with Gasteiger partial charge in [0.2, 0.25) is 0 Å². The lowest BCUT2D eigenvalue weighted by atomic mass is 10.1. The highest BCUT2D eigenvalue weighted by atomic mass is 32.1. The second-order valence-electron chi connectivity index (χ2n) is 5.30. The van der Waals surface area contributed by atoms with Gasteiger partial charge in [0, 0.05) is 6.54 Å². The summed E-state index contributed by atoms with van der Waals surface area (Å²) in [4.78, 5) is 14.5. The summed E-state index contributed by atoms with van der Waals surface area (Å²) >= 11 is 1.73. The normalized spacial score (nSPS) is 11.9. The molecule has 22 heavy (non-hydrogen) atoms. The number of hydrogen-bond donors (Lipinski definition) is 2. The van der Waals surface area contributed by atoms with Crippen LogP contribution in [-0.4, -0.2) is 33.2 Å². The lowest BCUT2D eigenvalue weighted by Crippen LogP contribution is -3.08. The Kier molecular flexibility index (Phi) is 6.43. The summed E-state index contributed by atoms with van der Waals surface area (Å²) in [6.07, 6.45) is 0.778. The predicted molar refractivity (Wildman–Crippen MR) is 89.5 cm³/mol. The summed E-state index contributed by atoms with van der Waals surface area (Å²) in [5.74, 6) is 0.959. The van der Waals surface area contributed by atoms with Gasteiger partial charge in [0.25, 0.3) is 5.91 Å². The molecule has 5 heteroatoms. The summed E-state index contributed by atoms with van der Waals surface area (Å²) in [6.45, 7) is 2.01. The quantitative estimate of drug-likeness (QED) is 0.766. The molecule has 2 aromatic rings. The molecular weight excluding hydrogens is 296 g/mol. The summed E-state index contributed by atoms with van der Waals surface area (Å²) in [5, 5.41) is 5.05. The van der Waals surface area contributed by atoms with Crippen LogP contribution in [0.5, 0.6) is 5.75 Å². The van der Waals surface area contributed by atoms with Crippen molar-refractivity contribution in [1.82, 2.24) is 5.32 Å². The lowest BCUT2D eigenvalue weighted by Gasteiger charge is -2.13. The first-order valence-corrected chi connectivity index (χ1v) is 8.29. The summed E-state index contributed by atoms with van der Waals surface area (Å²) < 4.78 is 5.31. The Hall–Kier alpha value is -1.85. The largest absolute Gasteiger partial charge is 0.496 e. The van der Waals surface area contributed by atoms with Crippen molar-refractivity contribution in [2.24, 2.45) is 0 Å². The fourth-order valence-corrected chi connectivity index (χ4v) is 3.17. The maximum absolute atomic E-state index is 12.0. The number of thiophene rings is 1. The standard InChI is InChI=1S/C17H22N2O2S/c1-19(12-15-7-5-11-22-15)13-17(20)18-10-9-14-6-3-4-8-16(14)21-2/h3-8,11H,9-10,12-13H2,1-2H3,(H,18,20)/p+1. The number of carbonyl (C=O) groups is 1. The summed E-state index contributed by atoms with van der Waals surface area (Å²) in [5.41, 5.74) is 1.12. The monoisotopic (exact) mass is 319 g/mol. The minimum Gasteiger partial charge on any atom is -0.496 e. The van der Waals surface area contributed by atoms with Crippen LogP contribution in [0.25, 0.3) is 0 Å². The van der Waals surface area contributed by atoms with Gasteiger partial charge < -0.3 is 15.0 Å². The third kappa shape index (κ3) is 5.16. The third-order valence-corrected chi connectivity index (χ3v) is 4.30. The zero-order valence-electron chi connectivity index (χ0n) is 13.1. The molecule has 1 heterocycles. The molecule has 0 saturated heterocycles. The number of para-hydroxylation sites is 1. The van der Waals surface area contributed by atoms with E-state index in [1.165, 1.54) is 9.78 Å². The smallest absolute Gasteiger partial charge is 0.275 e. The number of methoxy groups -OCH3 is 1. The van der Waals surface area contributed by atoms with Gasteiger partial charge in [-0.05, 0) is 29.5 Å². The van der Waals surface area contributed by atoms with Crippen LogP contribution < -0.4 is 15.0 Å². The molecule has 0 aliphatic carbocycles. The number of hydrogen-bond acceptors (Lipinski definition) is 3. The fraction of sp³-hybridized carbons (Fsp3) is 0.353. The Balaban J connectivity index is 1.71. The Morgan fingerprint density at radius 2 is 2.09 bits per heavy atom. The minimum atomic E-state index is 0.0870. The van der Waals surface area contributed by atoms with E-state index < -0.39 is 0 Å². The lowest BCUT2D eigenvalue weighted by molar-refractivity contribution is -0.885. The second-order valence-corrected chi connectivity index (χ2v) is 6.33. The van der Waals surface area contributed by atoms with Crippen LogP contribution in [0.4, 0.5) is 0 Å². The number of amides is 1. The van der Waals surface area contributed by atoms with Gasteiger partial charge in [0.05, 0.1) is 19.0 Å².